The van der Waals surface area contributed by atoms with Crippen molar-refractivity contribution in [3.8, 4) is 0 Å². The Morgan fingerprint density at radius 3 is 2.60 bits per heavy atom. The molecule has 0 aromatic heterocycles. The largest absolute Gasteiger partial charge is 0.356 e. The summed E-state index contributed by atoms with van der Waals surface area (Å²) in [5, 5.41) is 12.1. The van der Waals surface area contributed by atoms with E-state index in [9.17, 15) is 14.0 Å². The molecule has 2 aromatic rings. The second-order valence-electron chi connectivity index (χ2n) is 7.07. The monoisotopic (exact) mass is 411 g/mol. The average Bonchev–Trinajstić information content (AvgIpc) is 2.74. The molecule has 0 radical (unpaired) electrons. The summed E-state index contributed by atoms with van der Waals surface area (Å²) in [6.45, 7) is 1.49. The van der Waals surface area contributed by atoms with Crippen molar-refractivity contribution in [1.82, 2.24) is 16.0 Å². The van der Waals surface area contributed by atoms with Crippen LogP contribution in [-0.4, -0.2) is 44.5 Å². The van der Waals surface area contributed by atoms with Gasteiger partial charge in [-0.2, -0.15) is 0 Å². The number of carbonyl (C=O) groups is 2. The highest BCUT2D eigenvalue weighted by Crippen LogP contribution is 2.31. The Bertz CT molecular complexity index is 914. The van der Waals surface area contributed by atoms with Crippen LogP contribution in [0.3, 0.4) is 0 Å². The van der Waals surface area contributed by atoms with Crippen molar-refractivity contribution in [3.63, 3.8) is 0 Å². The van der Waals surface area contributed by atoms with Crippen LogP contribution in [0.1, 0.15) is 23.5 Å². The normalized spacial score (nSPS) is 15.7. The van der Waals surface area contributed by atoms with E-state index in [-0.39, 0.29) is 30.0 Å². The fourth-order valence-electron chi connectivity index (χ4n) is 3.36. The predicted molar refractivity (Wildman–Crippen MR) is 115 cm³/mol. The number of para-hydroxylation sites is 1. The molecular formula is C22H26FN5O2. The summed E-state index contributed by atoms with van der Waals surface area (Å²) in [6.07, 6.45) is 0.622. The molecule has 0 aliphatic carbocycles. The molecule has 8 heteroatoms. The van der Waals surface area contributed by atoms with Crippen molar-refractivity contribution >= 4 is 23.5 Å². The highest BCUT2D eigenvalue weighted by atomic mass is 19.1. The highest BCUT2D eigenvalue weighted by Gasteiger charge is 2.24. The van der Waals surface area contributed by atoms with Crippen molar-refractivity contribution < 1.29 is 14.0 Å². The SMILES string of the molecule is CN=C(NCCNC(=O)Cc1ccc(F)cc1)NCC1CC(=O)Nc2ccccc21. The third-order valence-electron chi connectivity index (χ3n) is 4.86. The Labute approximate surface area is 175 Å². The van der Waals surface area contributed by atoms with Gasteiger partial charge in [0, 0.05) is 44.7 Å². The minimum atomic E-state index is -0.320. The molecule has 1 atom stereocenters. The number of guanidine groups is 1. The van der Waals surface area contributed by atoms with E-state index in [0.717, 1.165) is 16.8 Å². The third-order valence-corrected chi connectivity index (χ3v) is 4.86. The first-order chi connectivity index (χ1) is 14.5. The van der Waals surface area contributed by atoms with Crippen LogP contribution in [0.25, 0.3) is 0 Å². The molecule has 1 heterocycles. The third kappa shape index (κ3) is 6.04. The number of amides is 2. The number of hydrogen-bond acceptors (Lipinski definition) is 3. The van der Waals surface area contributed by atoms with Crippen LogP contribution >= 0.6 is 0 Å². The maximum Gasteiger partial charge on any atom is 0.225 e. The lowest BCUT2D eigenvalue weighted by molar-refractivity contribution is -0.120. The number of nitrogens with zero attached hydrogens (tertiary/aromatic N) is 1. The van der Waals surface area contributed by atoms with E-state index in [2.05, 4.69) is 26.3 Å². The van der Waals surface area contributed by atoms with Crippen LogP contribution in [-0.2, 0) is 16.0 Å². The van der Waals surface area contributed by atoms with Gasteiger partial charge >= 0.3 is 0 Å². The van der Waals surface area contributed by atoms with Gasteiger partial charge in [0.25, 0.3) is 0 Å². The van der Waals surface area contributed by atoms with E-state index in [1.807, 2.05) is 24.3 Å². The number of hydrogen-bond donors (Lipinski definition) is 4. The number of benzene rings is 2. The number of halogens is 1. The fraction of sp³-hybridized carbons (Fsp3) is 0.318. The molecule has 30 heavy (non-hydrogen) atoms. The van der Waals surface area contributed by atoms with Crippen LogP contribution in [0, 0.1) is 5.82 Å². The molecule has 0 fully saturated rings. The van der Waals surface area contributed by atoms with Crippen LogP contribution in [0.2, 0.25) is 0 Å². The number of aliphatic imine (C=N–C) groups is 1. The summed E-state index contributed by atoms with van der Waals surface area (Å²) in [4.78, 5) is 28.1. The lowest BCUT2D eigenvalue weighted by Crippen LogP contribution is -2.43. The van der Waals surface area contributed by atoms with Gasteiger partial charge in [0.2, 0.25) is 11.8 Å². The number of fused-ring (bicyclic) bond motifs is 1. The van der Waals surface area contributed by atoms with E-state index in [4.69, 9.17) is 0 Å². The van der Waals surface area contributed by atoms with Gasteiger partial charge in [-0.15, -0.1) is 0 Å². The number of nitrogens with one attached hydrogen (secondary N) is 4. The van der Waals surface area contributed by atoms with Crippen molar-refractivity contribution in [1.29, 1.82) is 0 Å². The summed E-state index contributed by atoms with van der Waals surface area (Å²) >= 11 is 0. The van der Waals surface area contributed by atoms with Crippen molar-refractivity contribution in [2.75, 3.05) is 32.0 Å². The van der Waals surface area contributed by atoms with Gasteiger partial charge in [0.1, 0.15) is 5.82 Å². The molecule has 2 aromatic carbocycles. The van der Waals surface area contributed by atoms with E-state index in [1.165, 1.54) is 12.1 Å². The Morgan fingerprint density at radius 2 is 1.83 bits per heavy atom. The smallest absolute Gasteiger partial charge is 0.225 e. The van der Waals surface area contributed by atoms with Crippen LogP contribution in [0.4, 0.5) is 10.1 Å². The second-order valence-corrected chi connectivity index (χ2v) is 7.07. The zero-order chi connectivity index (χ0) is 21.3. The Balaban J connectivity index is 1.39. The van der Waals surface area contributed by atoms with E-state index in [0.29, 0.717) is 32.0 Å². The van der Waals surface area contributed by atoms with Crippen LogP contribution in [0.15, 0.2) is 53.5 Å². The summed E-state index contributed by atoms with van der Waals surface area (Å²) in [6, 6.07) is 13.7. The van der Waals surface area contributed by atoms with Gasteiger partial charge in [-0.05, 0) is 29.3 Å². The van der Waals surface area contributed by atoms with Gasteiger partial charge in [0.15, 0.2) is 5.96 Å². The molecular weight excluding hydrogens is 385 g/mol. The lowest BCUT2D eigenvalue weighted by atomic mass is 9.90. The highest BCUT2D eigenvalue weighted by molar-refractivity contribution is 5.94. The quantitative estimate of drug-likeness (QED) is 0.317. The maximum atomic E-state index is 12.9. The molecule has 7 nitrogen and oxygen atoms in total. The summed E-state index contributed by atoms with van der Waals surface area (Å²) in [5.74, 6) is 0.221. The first-order valence-electron chi connectivity index (χ1n) is 9.89. The Morgan fingerprint density at radius 1 is 1.10 bits per heavy atom. The first kappa shape index (κ1) is 21.3. The molecule has 0 saturated heterocycles. The number of anilines is 1. The zero-order valence-electron chi connectivity index (χ0n) is 16.9. The van der Waals surface area contributed by atoms with Gasteiger partial charge in [-0.1, -0.05) is 30.3 Å². The maximum absolute atomic E-state index is 12.9. The molecule has 1 aliphatic heterocycles. The number of rotatable bonds is 7. The van der Waals surface area contributed by atoms with Gasteiger partial charge in [-0.25, -0.2) is 4.39 Å². The van der Waals surface area contributed by atoms with Crippen molar-refractivity contribution in [3.05, 3.63) is 65.5 Å². The van der Waals surface area contributed by atoms with Crippen LogP contribution in [0.5, 0.6) is 0 Å². The lowest BCUT2D eigenvalue weighted by Gasteiger charge is -2.26. The zero-order valence-corrected chi connectivity index (χ0v) is 16.9. The fourth-order valence-corrected chi connectivity index (χ4v) is 3.36. The molecule has 0 bridgehead atoms. The first-order valence-corrected chi connectivity index (χ1v) is 9.89. The molecule has 1 aliphatic rings. The average molecular weight is 411 g/mol. The number of carbonyl (C=O) groups excluding carboxylic acids is 2. The van der Waals surface area contributed by atoms with Gasteiger partial charge < -0.3 is 21.3 Å². The van der Waals surface area contributed by atoms with Gasteiger partial charge in [-0.3, -0.25) is 14.6 Å². The molecule has 2 amide bonds. The minimum Gasteiger partial charge on any atom is -0.356 e. The standard InChI is InChI=1S/C22H26FN5O2/c1-24-22(26-11-10-25-20(29)12-15-6-8-17(23)9-7-15)27-14-16-13-21(30)28-19-5-3-2-4-18(16)19/h2-9,16H,10-14H2,1H3,(H,25,29)(H,28,30)(H2,24,26,27). The van der Waals surface area contributed by atoms with Gasteiger partial charge in [0.05, 0.1) is 6.42 Å². The summed E-state index contributed by atoms with van der Waals surface area (Å²) < 4.78 is 12.9. The van der Waals surface area contributed by atoms with E-state index >= 15 is 0 Å². The predicted octanol–water partition coefficient (Wildman–Crippen LogP) is 1.78. The summed E-state index contributed by atoms with van der Waals surface area (Å²) in [7, 11) is 1.67. The molecule has 158 valence electrons. The van der Waals surface area contributed by atoms with E-state index in [1.54, 1.807) is 19.2 Å². The minimum absolute atomic E-state index is 0.00677. The Hall–Kier alpha value is -3.42. The second kappa shape index (κ2) is 10.4. The molecule has 0 saturated carbocycles. The van der Waals surface area contributed by atoms with Crippen LogP contribution < -0.4 is 21.3 Å². The Kier molecular flexibility index (Phi) is 7.37. The van der Waals surface area contributed by atoms with Crippen molar-refractivity contribution in [2.24, 2.45) is 4.99 Å². The topological polar surface area (TPSA) is 94.6 Å². The van der Waals surface area contributed by atoms with E-state index < -0.39 is 0 Å². The molecule has 4 N–H and O–H groups in total. The summed E-state index contributed by atoms with van der Waals surface area (Å²) in [5.41, 5.74) is 2.72. The molecule has 3 rings (SSSR count). The van der Waals surface area contributed by atoms with Crippen molar-refractivity contribution in [2.45, 2.75) is 18.8 Å². The molecule has 1 unspecified atom stereocenters. The molecule has 0 spiro atoms.